The predicted octanol–water partition coefficient (Wildman–Crippen LogP) is 6.17. The number of methoxy groups -OCH3 is 1. The summed E-state index contributed by atoms with van der Waals surface area (Å²) >= 11 is 5.33. The van der Waals surface area contributed by atoms with Crippen LogP contribution in [0.15, 0.2) is 91.4 Å². The summed E-state index contributed by atoms with van der Waals surface area (Å²) < 4.78 is 31.9. The van der Waals surface area contributed by atoms with Crippen LogP contribution in [0.1, 0.15) is 24.5 Å². The Morgan fingerprint density at radius 1 is 1.22 bits per heavy atom. The van der Waals surface area contributed by atoms with E-state index in [-0.39, 0.29) is 17.5 Å². The molecule has 1 fully saturated rings. The third-order valence-corrected chi connectivity index (χ3v) is 5.45. The fourth-order valence-electron chi connectivity index (χ4n) is 3.11. The number of rotatable bonds is 8. The molecule has 0 radical (unpaired) electrons. The Morgan fingerprint density at radius 2 is 1.84 bits per heavy atom. The molecule has 2 N–H and O–H groups in total. The molecule has 1 heterocycles. The maximum atomic E-state index is 14.4. The highest BCUT2D eigenvalue weighted by atomic mass is 32.1. The number of aliphatic hydroxyl groups excluding tert-OH is 2. The van der Waals surface area contributed by atoms with Crippen molar-refractivity contribution >= 4 is 22.9 Å². The third-order valence-electron chi connectivity index (χ3n) is 4.95. The van der Waals surface area contributed by atoms with Gasteiger partial charge in [-0.1, -0.05) is 55.7 Å². The van der Waals surface area contributed by atoms with Crippen LogP contribution in [0.4, 0.5) is 14.5 Å². The summed E-state index contributed by atoms with van der Waals surface area (Å²) in [4.78, 5) is 2.07. The van der Waals surface area contributed by atoms with Gasteiger partial charge < -0.3 is 19.8 Å². The molecule has 1 aliphatic heterocycles. The zero-order valence-electron chi connectivity index (χ0n) is 17.8. The molecule has 0 aliphatic carbocycles. The number of thiocarbonyl (C=S) groups is 1. The number of hydrogen-bond acceptors (Lipinski definition) is 4. The number of halogens is 2. The van der Waals surface area contributed by atoms with Crippen molar-refractivity contribution in [3.05, 3.63) is 103 Å². The number of alkyl halides is 1. The van der Waals surface area contributed by atoms with Crippen LogP contribution in [-0.4, -0.2) is 28.6 Å². The van der Waals surface area contributed by atoms with Crippen molar-refractivity contribution in [3.8, 4) is 0 Å². The molecule has 0 spiro atoms. The highest BCUT2D eigenvalue weighted by Gasteiger charge is 2.44. The lowest BCUT2D eigenvalue weighted by atomic mass is 9.89. The molecule has 0 bridgehead atoms. The van der Waals surface area contributed by atoms with Crippen molar-refractivity contribution in [2.24, 2.45) is 5.92 Å². The van der Waals surface area contributed by atoms with Crippen LogP contribution in [-0.2, 0) is 4.74 Å². The van der Waals surface area contributed by atoms with Crippen LogP contribution in [0.5, 0.6) is 0 Å². The van der Waals surface area contributed by atoms with Crippen LogP contribution in [0.2, 0.25) is 0 Å². The van der Waals surface area contributed by atoms with E-state index >= 15 is 0 Å². The highest BCUT2D eigenvalue weighted by molar-refractivity contribution is 7.80. The summed E-state index contributed by atoms with van der Waals surface area (Å²) in [5, 5.41) is 18.9. The number of nitrogens with zero attached hydrogens (tertiary/aromatic N) is 1. The summed E-state index contributed by atoms with van der Waals surface area (Å²) in [5.41, 5.74) is 1.38. The average molecular weight is 460 g/mol. The zero-order valence-corrected chi connectivity index (χ0v) is 18.6. The maximum Gasteiger partial charge on any atom is 0.186 e. The van der Waals surface area contributed by atoms with Crippen LogP contribution in [0.3, 0.4) is 0 Å². The number of benzene rings is 2. The van der Waals surface area contributed by atoms with E-state index in [2.05, 4.69) is 17.9 Å². The van der Waals surface area contributed by atoms with Gasteiger partial charge in [-0.05, 0) is 48.7 Å². The van der Waals surface area contributed by atoms with Gasteiger partial charge in [0.05, 0.1) is 24.1 Å². The number of allylic oxidation sites excluding steroid dienone is 2. The number of hydrogen-bond donors (Lipinski definition) is 2. The van der Waals surface area contributed by atoms with Gasteiger partial charge >= 0.3 is 0 Å². The molecule has 0 aromatic heterocycles. The van der Waals surface area contributed by atoms with Crippen LogP contribution < -0.4 is 4.90 Å². The Balaban J connectivity index is 0.000000344. The molecular weight excluding hydrogens is 432 g/mol. The van der Waals surface area contributed by atoms with Gasteiger partial charge in [0.1, 0.15) is 17.3 Å². The molecule has 2 aromatic rings. The van der Waals surface area contributed by atoms with E-state index in [1.54, 1.807) is 12.1 Å². The molecule has 0 saturated carbocycles. The molecule has 0 amide bonds. The van der Waals surface area contributed by atoms with E-state index < -0.39 is 12.4 Å². The molecule has 32 heavy (non-hydrogen) atoms. The molecule has 2 aromatic carbocycles. The molecule has 3 unspecified atom stereocenters. The summed E-state index contributed by atoms with van der Waals surface area (Å²) in [6, 6.07) is 14.9. The summed E-state index contributed by atoms with van der Waals surface area (Å²) in [6.07, 6.45) is 1.64. The maximum absolute atomic E-state index is 14.4. The minimum absolute atomic E-state index is 0.0573. The molecule has 170 valence electrons. The summed E-state index contributed by atoms with van der Waals surface area (Å²) in [7, 11) is 1.48. The molecule has 1 aliphatic rings. The first-order chi connectivity index (χ1) is 15.3. The molecule has 1 saturated heterocycles. The van der Waals surface area contributed by atoms with Gasteiger partial charge in [-0.2, -0.15) is 0 Å². The normalized spacial score (nSPS) is 18.7. The van der Waals surface area contributed by atoms with Gasteiger partial charge in [0, 0.05) is 11.8 Å². The van der Waals surface area contributed by atoms with Crippen molar-refractivity contribution in [2.45, 2.75) is 25.2 Å². The van der Waals surface area contributed by atoms with Crippen molar-refractivity contribution in [2.75, 3.05) is 12.0 Å². The summed E-state index contributed by atoms with van der Waals surface area (Å²) in [6.45, 7) is 6.79. The van der Waals surface area contributed by atoms with Gasteiger partial charge in [-0.15, -0.1) is 0 Å². The van der Waals surface area contributed by atoms with E-state index in [9.17, 15) is 13.9 Å². The number of para-hydroxylation sites is 1. The number of anilines is 1. The minimum Gasteiger partial charge on any atom is -0.508 e. The Bertz CT molecular complexity index is 947. The first-order valence-corrected chi connectivity index (χ1v) is 10.4. The van der Waals surface area contributed by atoms with Crippen molar-refractivity contribution < 1.29 is 23.7 Å². The smallest absolute Gasteiger partial charge is 0.186 e. The van der Waals surface area contributed by atoms with E-state index in [0.717, 1.165) is 5.69 Å². The van der Waals surface area contributed by atoms with Crippen LogP contribution in [0, 0.1) is 11.7 Å². The Kier molecular flexibility index (Phi) is 9.56. The Hall–Kier alpha value is -3.03. The largest absolute Gasteiger partial charge is 0.508 e. The Morgan fingerprint density at radius 3 is 2.38 bits per heavy atom. The molecular formula is C25H27F2NO3S. The predicted molar refractivity (Wildman–Crippen MR) is 128 cm³/mol. The van der Waals surface area contributed by atoms with Gasteiger partial charge in [0.15, 0.2) is 6.30 Å². The summed E-state index contributed by atoms with van der Waals surface area (Å²) in [5.74, 6) is -0.238. The second kappa shape index (κ2) is 12.1. The molecule has 4 nitrogen and oxygen atoms in total. The van der Waals surface area contributed by atoms with Gasteiger partial charge in [-0.3, -0.25) is 0 Å². The van der Waals surface area contributed by atoms with Crippen molar-refractivity contribution in [1.82, 2.24) is 0 Å². The first kappa shape index (κ1) is 25.2. The first-order valence-electron chi connectivity index (χ1n) is 10.00. The second-order valence-electron chi connectivity index (χ2n) is 7.11. The quantitative estimate of drug-likeness (QED) is 0.214. The Labute approximate surface area is 192 Å². The van der Waals surface area contributed by atoms with E-state index in [4.69, 9.17) is 17.3 Å². The van der Waals surface area contributed by atoms with E-state index in [1.807, 2.05) is 30.3 Å². The lowest BCUT2D eigenvalue weighted by Crippen LogP contribution is -2.58. The minimum atomic E-state index is -1.16. The van der Waals surface area contributed by atoms with Gasteiger partial charge in [0.2, 0.25) is 0 Å². The zero-order chi connectivity index (χ0) is 23.7. The molecule has 3 rings (SSSR count). The van der Waals surface area contributed by atoms with Gasteiger partial charge in [0.25, 0.3) is 0 Å². The number of aliphatic hydroxyl groups is 2. The van der Waals surface area contributed by atoms with Crippen molar-refractivity contribution in [3.63, 3.8) is 0 Å². The lowest BCUT2D eigenvalue weighted by molar-refractivity contribution is 0.145. The van der Waals surface area contributed by atoms with Crippen molar-refractivity contribution in [1.29, 1.82) is 0 Å². The average Bonchev–Trinajstić information content (AvgIpc) is 2.80. The van der Waals surface area contributed by atoms with E-state index in [0.29, 0.717) is 29.2 Å². The molecule has 3 atom stereocenters. The fraction of sp³-hybridized carbons (Fsp3) is 0.240. The van der Waals surface area contributed by atoms with Crippen LogP contribution >= 0.6 is 12.2 Å². The SMILES string of the molecule is C=C/C(O)=C\C(=C)OC.OC(CCC1C(=S)N(c2ccccc2)C1F)c1ccc(F)cc1. The monoisotopic (exact) mass is 459 g/mol. The lowest BCUT2D eigenvalue weighted by Gasteiger charge is -2.45. The second-order valence-corrected chi connectivity index (χ2v) is 7.53. The van der Waals surface area contributed by atoms with E-state index in [1.165, 1.54) is 36.3 Å². The number of ether oxygens (including phenoxy) is 1. The topological polar surface area (TPSA) is 52.9 Å². The van der Waals surface area contributed by atoms with Gasteiger partial charge in [-0.25, -0.2) is 8.78 Å². The highest BCUT2D eigenvalue weighted by Crippen LogP contribution is 2.38. The standard InChI is InChI=1S/C18H17F2NOS.C7H10O2/c19-13-8-6-12(7-9-13)16(22)11-10-15-17(20)21(18(15)23)14-4-2-1-3-5-14;1-4-7(8)5-6(2)9-3/h1-9,15-17,22H,10-11H2;4-5,8H,1-2H2,3H3/b;7-5+. The van der Waals surface area contributed by atoms with Crippen LogP contribution in [0.25, 0.3) is 0 Å². The third kappa shape index (κ3) is 6.73. The molecule has 7 heteroatoms. The fourth-order valence-corrected chi connectivity index (χ4v) is 3.54.